The van der Waals surface area contributed by atoms with Crippen molar-refractivity contribution < 1.29 is 4.92 Å². The number of nitro groups is 1. The van der Waals surface area contributed by atoms with E-state index in [9.17, 15) is 10.1 Å². The van der Waals surface area contributed by atoms with Crippen LogP contribution in [0.25, 0.3) is 0 Å². The Balaban J connectivity index is 3.24. The number of hydrogen-bond donors (Lipinski definition) is 1. The molecule has 0 atom stereocenters. The molecule has 0 heterocycles. The van der Waals surface area contributed by atoms with Crippen molar-refractivity contribution in [3.8, 4) is 6.19 Å². The molecule has 0 amide bonds. The zero-order chi connectivity index (χ0) is 12.8. The summed E-state index contributed by atoms with van der Waals surface area (Å²) in [5.74, 6) is 0. The summed E-state index contributed by atoms with van der Waals surface area (Å²) in [6.45, 7) is 0. The van der Waals surface area contributed by atoms with Crippen molar-refractivity contribution in [3.63, 3.8) is 0 Å². The van der Waals surface area contributed by atoms with Crippen LogP contribution in [0.1, 0.15) is 0 Å². The van der Waals surface area contributed by atoms with Crippen LogP contribution in [0.15, 0.2) is 27.7 Å². The second-order valence-electron chi connectivity index (χ2n) is 2.75. The van der Waals surface area contributed by atoms with E-state index < -0.39 is 4.92 Å². The standard InChI is InChI=1S/C9H7BrN4O2S/c1-17-9(12-5-11)13-7-4-6(10)2-3-8(7)14(15)16/h2-4H,1H3,(H,12,13). The Morgan fingerprint density at radius 1 is 1.71 bits per heavy atom. The van der Waals surface area contributed by atoms with E-state index in [0.29, 0.717) is 9.64 Å². The lowest BCUT2D eigenvalue weighted by Crippen LogP contribution is -2.12. The molecule has 0 saturated carbocycles. The number of nitrogens with one attached hydrogen (secondary N) is 1. The van der Waals surface area contributed by atoms with Crippen LogP contribution in [-0.2, 0) is 0 Å². The Bertz CT molecular complexity index is 512. The van der Waals surface area contributed by atoms with Crippen molar-refractivity contribution in [3.05, 3.63) is 32.8 Å². The Hall–Kier alpha value is -1.59. The fraction of sp³-hybridized carbons (Fsp3) is 0.111. The number of amidine groups is 1. The fourth-order valence-electron chi connectivity index (χ4n) is 1.02. The van der Waals surface area contributed by atoms with Crippen LogP contribution in [0.2, 0.25) is 0 Å². The van der Waals surface area contributed by atoms with E-state index in [1.54, 1.807) is 18.5 Å². The van der Waals surface area contributed by atoms with Gasteiger partial charge in [0.25, 0.3) is 5.69 Å². The van der Waals surface area contributed by atoms with Gasteiger partial charge in [-0.25, -0.2) is 4.99 Å². The van der Waals surface area contributed by atoms with Crippen LogP contribution in [0.3, 0.4) is 0 Å². The van der Waals surface area contributed by atoms with Gasteiger partial charge in [-0.15, -0.1) is 0 Å². The van der Waals surface area contributed by atoms with E-state index >= 15 is 0 Å². The number of aliphatic imine (C=N–C) groups is 1. The molecule has 1 rings (SSSR count). The number of nitro benzene ring substituents is 1. The van der Waals surface area contributed by atoms with Gasteiger partial charge < -0.3 is 0 Å². The zero-order valence-electron chi connectivity index (χ0n) is 8.68. The highest BCUT2D eigenvalue weighted by Crippen LogP contribution is 2.30. The first kappa shape index (κ1) is 13.5. The molecule has 0 unspecified atom stereocenters. The molecule has 17 heavy (non-hydrogen) atoms. The third-order valence-corrected chi connectivity index (χ3v) is 2.79. The first-order valence-corrected chi connectivity index (χ1v) is 6.32. The number of benzene rings is 1. The Morgan fingerprint density at radius 2 is 2.41 bits per heavy atom. The van der Waals surface area contributed by atoms with E-state index in [2.05, 4.69) is 26.2 Å². The van der Waals surface area contributed by atoms with Crippen LogP contribution in [0, 0.1) is 21.6 Å². The number of halogens is 1. The number of nitrogens with zero attached hydrogens (tertiary/aromatic N) is 3. The molecular formula is C9H7BrN4O2S. The van der Waals surface area contributed by atoms with Gasteiger partial charge >= 0.3 is 0 Å². The van der Waals surface area contributed by atoms with E-state index in [1.165, 1.54) is 23.9 Å². The molecule has 8 heteroatoms. The first-order chi connectivity index (χ1) is 8.08. The molecule has 6 nitrogen and oxygen atoms in total. The van der Waals surface area contributed by atoms with Crippen molar-refractivity contribution in [2.75, 3.05) is 6.26 Å². The number of nitriles is 1. The molecule has 0 radical (unpaired) electrons. The lowest BCUT2D eigenvalue weighted by Gasteiger charge is -2.01. The smallest absolute Gasteiger partial charge is 0.271 e. The highest BCUT2D eigenvalue weighted by molar-refractivity contribution is 9.10. The van der Waals surface area contributed by atoms with Crippen molar-refractivity contribution in [2.24, 2.45) is 4.99 Å². The minimum atomic E-state index is -0.518. The normalized spacial score (nSPS) is 10.8. The molecule has 0 bridgehead atoms. The zero-order valence-corrected chi connectivity index (χ0v) is 11.1. The maximum absolute atomic E-state index is 10.8. The summed E-state index contributed by atoms with van der Waals surface area (Å²) in [7, 11) is 0. The van der Waals surface area contributed by atoms with Crippen molar-refractivity contribution in [2.45, 2.75) is 0 Å². The molecule has 0 aliphatic heterocycles. The van der Waals surface area contributed by atoms with Gasteiger partial charge in [-0.3, -0.25) is 15.4 Å². The molecule has 1 aromatic rings. The molecule has 0 fully saturated rings. The predicted octanol–water partition coefficient (Wildman–Crippen LogP) is 2.78. The van der Waals surface area contributed by atoms with Gasteiger partial charge in [0, 0.05) is 10.5 Å². The fourth-order valence-corrected chi connectivity index (χ4v) is 1.71. The van der Waals surface area contributed by atoms with Gasteiger partial charge in [-0.1, -0.05) is 27.7 Å². The van der Waals surface area contributed by atoms with Crippen molar-refractivity contribution >= 4 is 44.2 Å². The summed E-state index contributed by atoms with van der Waals surface area (Å²) in [5.41, 5.74) is 0.0796. The van der Waals surface area contributed by atoms with E-state index in [0.717, 1.165) is 0 Å². The predicted molar refractivity (Wildman–Crippen MR) is 70.2 cm³/mol. The summed E-state index contributed by atoms with van der Waals surface area (Å²) in [5, 5.41) is 21.9. The summed E-state index contributed by atoms with van der Waals surface area (Å²) in [4.78, 5) is 14.3. The molecule has 1 N–H and O–H groups in total. The van der Waals surface area contributed by atoms with Crippen LogP contribution >= 0.6 is 27.7 Å². The minimum absolute atomic E-state index is 0.112. The molecule has 88 valence electrons. The van der Waals surface area contributed by atoms with E-state index in [1.807, 2.05) is 0 Å². The topological polar surface area (TPSA) is 91.3 Å². The maximum Gasteiger partial charge on any atom is 0.294 e. The Morgan fingerprint density at radius 3 is 2.94 bits per heavy atom. The second kappa shape index (κ2) is 6.22. The van der Waals surface area contributed by atoms with Gasteiger partial charge in [0.1, 0.15) is 5.69 Å². The van der Waals surface area contributed by atoms with Gasteiger partial charge in [0.2, 0.25) is 0 Å². The number of rotatable bonds is 2. The summed E-state index contributed by atoms with van der Waals surface area (Å²) >= 11 is 4.41. The Kier molecular flexibility index (Phi) is 4.93. The van der Waals surface area contributed by atoms with Crippen LogP contribution < -0.4 is 5.32 Å². The number of hydrogen-bond acceptors (Lipinski definition) is 5. The van der Waals surface area contributed by atoms with Crippen molar-refractivity contribution in [1.29, 1.82) is 5.26 Å². The number of thioether (sulfide) groups is 1. The summed E-state index contributed by atoms with van der Waals surface area (Å²) in [6.07, 6.45) is 3.43. The maximum atomic E-state index is 10.8. The van der Waals surface area contributed by atoms with E-state index in [-0.39, 0.29) is 11.4 Å². The van der Waals surface area contributed by atoms with Crippen molar-refractivity contribution in [1.82, 2.24) is 5.32 Å². The van der Waals surface area contributed by atoms with Gasteiger partial charge in [-0.2, -0.15) is 5.26 Å². The first-order valence-electron chi connectivity index (χ1n) is 4.30. The third-order valence-electron chi connectivity index (χ3n) is 1.71. The lowest BCUT2D eigenvalue weighted by atomic mass is 10.3. The third kappa shape index (κ3) is 3.72. The van der Waals surface area contributed by atoms with Crippen LogP contribution in [-0.4, -0.2) is 16.3 Å². The molecule has 0 saturated heterocycles. The van der Waals surface area contributed by atoms with Crippen LogP contribution in [0.5, 0.6) is 0 Å². The molecular weight excluding hydrogens is 308 g/mol. The van der Waals surface area contributed by atoms with E-state index in [4.69, 9.17) is 5.26 Å². The second-order valence-corrected chi connectivity index (χ2v) is 4.46. The quantitative estimate of drug-likeness (QED) is 0.226. The monoisotopic (exact) mass is 314 g/mol. The molecule has 0 aromatic heterocycles. The summed E-state index contributed by atoms with van der Waals surface area (Å²) in [6, 6.07) is 4.44. The molecule has 0 aliphatic carbocycles. The average Bonchev–Trinajstić information content (AvgIpc) is 2.28. The largest absolute Gasteiger partial charge is 0.294 e. The van der Waals surface area contributed by atoms with Gasteiger partial charge in [0.05, 0.1) is 4.92 Å². The molecule has 0 aliphatic rings. The lowest BCUT2D eigenvalue weighted by molar-refractivity contribution is -0.384. The average molecular weight is 315 g/mol. The molecule has 1 aromatic carbocycles. The SMILES string of the molecule is CSC(=Nc1cc(Br)ccc1[N+](=O)[O-])NC#N. The summed E-state index contributed by atoms with van der Waals surface area (Å²) < 4.78 is 0.680. The molecule has 0 spiro atoms. The highest BCUT2D eigenvalue weighted by atomic mass is 79.9. The van der Waals surface area contributed by atoms with Crippen LogP contribution in [0.4, 0.5) is 11.4 Å². The van der Waals surface area contributed by atoms with Gasteiger partial charge in [0.15, 0.2) is 11.4 Å². The Labute approximate surface area is 110 Å². The minimum Gasteiger partial charge on any atom is -0.271 e. The van der Waals surface area contributed by atoms with Gasteiger partial charge in [-0.05, 0) is 18.4 Å². The highest BCUT2D eigenvalue weighted by Gasteiger charge is 2.13.